The predicted octanol–water partition coefficient (Wildman–Crippen LogP) is 3.12. The number of aliphatic hydroxyl groups excluding tert-OH is 1. The lowest BCUT2D eigenvalue weighted by Gasteiger charge is -2.15. The van der Waals surface area contributed by atoms with Gasteiger partial charge in [0.25, 0.3) is 5.91 Å². The van der Waals surface area contributed by atoms with E-state index in [1.807, 2.05) is 28.1 Å². The predicted molar refractivity (Wildman–Crippen MR) is 100 cm³/mol. The van der Waals surface area contributed by atoms with Crippen LogP contribution in [0.25, 0.3) is 0 Å². The topological polar surface area (TPSA) is 79.8 Å². The number of rotatable bonds is 8. The van der Waals surface area contributed by atoms with Crippen LogP contribution in [0.1, 0.15) is 10.4 Å². The monoisotopic (exact) mass is 496 g/mol. The molecule has 0 aromatic heterocycles. The summed E-state index contributed by atoms with van der Waals surface area (Å²) in [5.74, 6) is -3.98. The van der Waals surface area contributed by atoms with Gasteiger partial charge < -0.3 is 15.2 Å². The molecule has 146 valence electrons. The van der Waals surface area contributed by atoms with Gasteiger partial charge in [0.15, 0.2) is 11.6 Å². The van der Waals surface area contributed by atoms with Crippen LogP contribution in [0.2, 0.25) is 0 Å². The number of anilines is 2. The average Bonchev–Trinajstić information content (AvgIpc) is 2.63. The third kappa shape index (κ3) is 5.79. The standard InChI is InChI=1S/C17H16F3IN2O4/c1-26-10(7-24)8-27-23-17(25)11-5-12(18)13(19)6-16(11)22-15-3-2-9(21)4-14(15)20/h2-6,10,22,24H,7-8H2,1H3,(H,23,25). The van der Waals surface area contributed by atoms with E-state index in [1.165, 1.54) is 19.2 Å². The molecule has 0 heterocycles. The van der Waals surface area contributed by atoms with Gasteiger partial charge in [-0.3, -0.25) is 9.63 Å². The van der Waals surface area contributed by atoms with Gasteiger partial charge in [-0.1, -0.05) is 0 Å². The molecule has 0 radical (unpaired) electrons. The molecule has 2 aromatic carbocycles. The van der Waals surface area contributed by atoms with Gasteiger partial charge in [-0.15, -0.1) is 0 Å². The summed E-state index contributed by atoms with van der Waals surface area (Å²) in [6, 6.07) is 5.66. The van der Waals surface area contributed by atoms with Crippen LogP contribution in [0.5, 0.6) is 0 Å². The highest BCUT2D eigenvalue weighted by Gasteiger charge is 2.18. The fourth-order valence-corrected chi connectivity index (χ4v) is 2.48. The number of hydrogen-bond acceptors (Lipinski definition) is 5. The molecule has 0 spiro atoms. The maximum atomic E-state index is 14.0. The van der Waals surface area contributed by atoms with Gasteiger partial charge in [0, 0.05) is 16.7 Å². The molecule has 0 aliphatic rings. The highest BCUT2D eigenvalue weighted by atomic mass is 127. The zero-order valence-corrected chi connectivity index (χ0v) is 16.2. The number of halogens is 4. The van der Waals surface area contributed by atoms with Crippen molar-refractivity contribution in [2.45, 2.75) is 6.10 Å². The normalized spacial score (nSPS) is 11.9. The van der Waals surface area contributed by atoms with E-state index in [0.717, 1.165) is 6.07 Å². The Morgan fingerprint density at radius 1 is 1.15 bits per heavy atom. The Morgan fingerprint density at radius 2 is 1.85 bits per heavy atom. The number of ether oxygens (including phenoxy) is 1. The van der Waals surface area contributed by atoms with Crippen LogP contribution in [0.15, 0.2) is 30.3 Å². The van der Waals surface area contributed by atoms with Crippen molar-refractivity contribution in [2.24, 2.45) is 0 Å². The Morgan fingerprint density at radius 3 is 2.48 bits per heavy atom. The van der Waals surface area contributed by atoms with Crippen molar-refractivity contribution in [1.82, 2.24) is 5.48 Å². The molecule has 0 saturated heterocycles. The summed E-state index contributed by atoms with van der Waals surface area (Å²) in [5, 5.41) is 11.5. The van der Waals surface area contributed by atoms with E-state index in [9.17, 15) is 18.0 Å². The summed E-state index contributed by atoms with van der Waals surface area (Å²) < 4.78 is 46.7. The van der Waals surface area contributed by atoms with Crippen molar-refractivity contribution in [3.8, 4) is 0 Å². The molecule has 0 bridgehead atoms. The third-order valence-corrected chi connectivity index (χ3v) is 4.15. The Kier molecular flexibility index (Phi) is 7.83. The number of benzene rings is 2. The fraction of sp³-hybridized carbons (Fsp3) is 0.235. The molecule has 0 aliphatic heterocycles. The van der Waals surface area contributed by atoms with Crippen molar-refractivity contribution >= 4 is 39.9 Å². The van der Waals surface area contributed by atoms with Crippen LogP contribution in [0.3, 0.4) is 0 Å². The van der Waals surface area contributed by atoms with Gasteiger partial charge in [0.05, 0.1) is 23.5 Å². The molecule has 2 rings (SSSR count). The molecule has 0 saturated carbocycles. The lowest BCUT2D eigenvalue weighted by Crippen LogP contribution is -2.31. The van der Waals surface area contributed by atoms with Gasteiger partial charge in [0.2, 0.25) is 0 Å². The summed E-state index contributed by atoms with van der Waals surface area (Å²) in [5.41, 5.74) is 1.57. The molecule has 1 unspecified atom stereocenters. The first kappa shape index (κ1) is 21.4. The number of methoxy groups -OCH3 is 1. The van der Waals surface area contributed by atoms with E-state index in [2.05, 4.69) is 5.32 Å². The molecule has 0 fully saturated rings. The number of aliphatic hydroxyl groups is 1. The molecule has 0 aliphatic carbocycles. The minimum Gasteiger partial charge on any atom is -0.394 e. The van der Waals surface area contributed by atoms with E-state index in [1.54, 1.807) is 6.07 Å². The zero-order chi connectivity index (χ0) is 20.0. The summed E-state index contributed by atoms with van der Waals surface area (Å²) in [6.45, 7) is -0.507. The maximum Gasteiger partial charge on any atom is 0.277 e. The van der Waals surface area contributed by atoms with Crippen LogP contribution in [-0.4, -0.2) is 37.4 Å². The van der Waals surface area contributed by atoms with E-state index in [-0.39, 0.29) is 30.2 Å². The molecule has 2 aromatic rings. The Bertz CT molecular complexity index is 819. The van der Waals surface area contributed by atoms with Gasteiger partial charge in [0.1, 0.15) is 18.5 Å². The van der Waals surface area contributed by atoms with Crippen LogP contribution in [0.4, 0.5) is 24.5 Å². The summed E-state index contributed by atoms with van der Waals surface area (Å²) in [7, 11) is 1.35. The molecule has 27 heavy (non-hydrogen) atoms. The maximum absolute atomic E-state index is 14.0. The van der Waals surface area contributed by atoms with Gasteiger partial charge in [-0.05, 0) is 46.9 Å². The van der Waals surface area contributed by atoms with Crippen molar-refractivity contribution in [3.05, 3.63) is 56.9 Å². The largest absolute Gasteiger partial charge is 0.394 e. The number of nitrogens with one attached hydrogen (secondary N) is 2. The zero-order valence-electron chi connectivity index (χ0n) is 14.1. The van der Waals surface area contributed by atoms with E-state index < -0.39 is 29.5 Å². The second-order valence-corrected chi connectivity index (χ2v) is 6.59. The third-order valence-electron chi connectivity index (χ3n) is 3.48. The van der Waals surface area contributed by atoms with Crippen LogP contribution < -0.4 is 10.8 Å². The number of amides is 1. The number of hydroxylamine groups is 1. The molecule has 1 atom stereocenters. The fourth-order valence-electron chi connectivity index (χ4n) is 2.02. The first-order valence-corrected chi connectivity index (χ1v) is 8.70. The quantitative estimate of drug-likeness (QED) is 0.387. The highest BCUT2D eigenvalue weighted by molar-refractivity contribution is 14.1. The second kappa shape index (κ2) is 9.88. The Hall–Kier alpha value is -1.89. The lowest BCUT2D eigenvalue weighted by molar-refractivity contribution is -0.0469. The minimum atomic E-state index is -1.25. The van der Waals surface area contributed by atoms with Crippen LogP contribution in [0, 0.1) is 21.0 Å². The summed E-state index contributed by atoms with van der Waals surface area (Å²) >= 11 is 1.92. The van der Waals surface area contributed by atoms with Crippen molar-refractivity contribution in [3.63, 3.8) is 0 Å². The molecule has 3 N–H and O–H groups in total. The van der Waals surface area contributed by atoms with Gasteiger partial charge in [-0.2, -0.15) is 0 Å². The second-order valence-electron chi connectivity index (χ2n) is 5.34. The van der Waals surface area contributed by atoms with E-state index >= 15 is 0 Å². The summed E-state index contributed by atoms with van der Waals surface area (Å²) in [4.78, 5) is 17.2. The summed E-state index contributed by atoms with van der Waals surface area (Å²) in [6.07, 6.45) is -0.672. The van der Waals surface area contributed by atoms with Crippen LogP contribution in [-0.2, 0) is 9.57 Å². The highest BCUT2D eigenvalue weighted by Crippen LogP contribution is 2.26. The lowest BCUT2D eigenvalue weighted by atomic mass is 10.1. The van der Waals surface area contributed by atoms with Crippen molar-refractivity contribution < 1.29 is 32.6 Å². The van der Waals surface area contributed by atoms with E-state index in [0.29, 0.717) is 9.64 Å². The smallest absolute Gasteiger partial charge is 0.277 e. The van der Waals surface area contributed by atoms with Gasteiger partial charge in [-0.25, -0.2) is 18.7 Å². The van der Waals surface area contributed by atoms with Crippen molar-refractivity contribution in [1.29, 1.82) is 0 Å². The molecule has 1 amide bonds. The Balaban J connectivity index is 2.22. The number of hydrogen-bond donors (Lipinski definition) is 3. The SMILES string of the molecule is COC(CO)CONC(=O)c1cc(F)c(F)cc1Nc1ccc(I)cc1F. The van der Waals surface area contributed by atoms with Crippen LogP contribution >= 0.6 is 22.6 Å². The Labute approximate surface area is 166 Å². The number of carbonyl (C=O) groups excluding carboxylic acids is 1. The van der Waals surface area contributed by atoms with Crippen molar-refractivity contribution in [2.75, 3.05) is 25.6 Å². The number of carbonyl (C=O) groups is 1. The molecular formula is C17H16F3IN2O4. The molecule has 6 nitrogen and oxygen atoms in total. The molecule has 10 heteroatoms. The minimum absolute atomic E-state index is 0.0175. The molecular weight excluding hydrogens is 480 g/mol. The first-order chi connectivity index (χ1) is 12.8. The average molecular weight is 496 g/mol. The first-order valence-electron chi connectivity index (χ1n) is 7.62. The van der Waals surface area contributed by atoms with Gasteiger partial charge >= 0.3 is 0 Å². The van der Waals surface area contributed by atoms with E-state index in [4.69, 9.17) is 14.7 Å².